The summed E-state index contributed by atoms with van der Waals surface area (Å²) in [6, 6.07) is 0. The first-order chi connectivity index (χ1) is 3.91. The van der Waals surface area contributed by atoms with Crippen molar-refractivity contribution in [2.45, 2.75) is 13.3 Å². The summed E-state index contributed by atoms with van der Waals surface area (Å²) in [5.74, 6) is 0. The van der Waals surface area contributed by atoms with E-state index in [1.807, 2.05) is 12.2 Å². The van der Waals surface area contributed by atoms with Crippen LogP contribution in [0, 0.1) is 0 Å². The van der Waals surface area contributed by atoms with Crippen LogP contribution in [0.2, 0.25) is 0 Å². The maximum Gasteiger partial charge on any atom is 0.0264 e. The average molecular weight is 109 g/mol. The van der Waals surface area contributed by atoms with Crippen LogP contribution < -0.4 is 0 Å². The van der Waals surface area contributed by atoms with Crippen LogP contribution in [0.3, 0.4) is 0 Å². The normalized spacial score (nSPS) is 11.1. The lowest BCUT2D eigenvalue weighted by atomic mass is 10.4. The van der Waals surface area contributed by atoms with E-state index >= 15 is 0 Å². The second-order valence-corrected chi connectivity index (χ2v) is 1.32. The molecular formula is C7H11N. The molecule has 0 amide bonds. The molecule has 1 nitrogen and oxygen atoms in total. The Morgan fingerprint density at radius 2 is 2.38 bits per heavy atom. The SMILES string of the molecule is C=CN=C/C=C\CC. The fraction of sp³-hybridized carbons (Fsp3) is 0.286. The van der Waals surface area contributed by atoms with Crippen molar-refractivity contribution in [2.24, 2.45) is 4.99 Å². The molecule has 0 radical (unpaired) electrons. The summed E-state index contributed by atoms with van der Waals surface area (Å²) in [4.78, 5) is 3.76. The van der Waals surface area contributed by atoms with Crippen LogP contribution in [0.15, 0.2) is 29.9 Å². The predicted molar refractivity (Wildman–Crippen MR) is 38.1 cm³/mol. The molecule has 0 rings (SSSR count). The smallest absolute Gasteiger partial charge is 0.0264 e. The zero-order valence-electron chi connectivity index (χ0n) is 5.17. The Balaban J connectivity index is 3.26. The highest BCUT2D eigenvalue weighted by atomic mass is 14.6. The topological polar surface area (TPSA) is 12.4 Å². The highest BCUT2D eigenvalue weighted by Gasteiger charge is 1.59. The fourth-order valence-corrected chi connectivity index (χ4v) is 0.307. The van der Waals surface area contributed by atoms with Gasteiger partial charge in [0.2, 0.25) is 0 Å². The molecule has 0 fully saturated rings. The van der Waals surface area contributed by atoms with Gasteiger partial charge >= 0.3 is 0 Å². The number of allylic oxidation sites excluding steroid dienone is 2. The van der Waals surface area contributed by atoms with Crippen LogP contribution in [-0.4, -0.2) is 6.21 Å². The average Bonchev–Trinajstić information content (AvgIpc) is 1.81. The van der Waals surface area contributed by atoms with E-state index < -0.39 is 0 Å². The largest absolute Gasteiger partial charge is 0.265 e. The van der Waals surface area contributed by atoms with E-state index in [4.69, 9.17) is 0 Å². The molecule has 0 unspecified atom stereocenters. The van der Waals surface area contributed by atoms with E-state index in [-0.39, 0.29) is 0 Å². The van der Waals surface area contributed by atoms with E-state index in [1.165, 1.54) is 6.20 Å². The molecule has 44 valence electrons. The second kappa shape index (κ2) is 6.15. The molecule has 0 atom stereocenters. The standard InChI is InChI=1S/C7H11N/c1-3-5-6-7-8-4-2/h4-7H,2-3H2,1H3/b6-5-,8-7?. The summed E-state index contributed by atoms with van der Waals surface area (Å²) in [6.07, 6.45) is 8.23. The van der Waals surface area contributed by atoms with Gasteiger partial charge < -0.3 is 0 Å². The monoisotopic (exact) mass is 109 g/mol. The lowest BCUT2D eigenvalue weighted by Crippen LogP contribution is -1.59. The minimum atomic E-state index is 1.06. The van der Waals surface area contributed by atoms with Gasteiger partial charge in [-0.05, 0) is 12.5 Å². The number of nitrogens with zero attached hydrogens (tertiary/aromatic N) is 1. The summed E-state index contributed by atoms with van der Waals surface area (Å²) in [5, 5.41) is 0. The number of hydrogen-bond acceptors (Lipinski definition) is 1. The number of aliphatic imine (C=N–C) groups is 1. The Kier molecular flexibility index (Phi) is 5.50. The predicted octanol–water partition coefficient (Wildman–Crippen LogP) is 2.17. The molecule has 0 aromatic rings. The van der Waals surface area contributed by atoms with Crippen LogP contribution in [0.5, 0.6) is 0 Å². The molecule has 0 aromatic carbocycles. The van der Waals surface area contributed by atoms with Gasteiger partial charge in [0.25, 0.3) is 0 Å². The molecule has 0 heterocycles. The molecule has 8 heavy (non-hydrogen) atoms. The van der Waals surface area contributed by atoms with Gasteiger partial charge in [-0.3, -0.25) is 4.99 Å². The highest BCUT2D eigenvalue weighted by molar-refractivity contribution is 5.71. The van der Waals surface area contributed by atoms with E-state index in [9.17, 15) is 0 Å². The Morgan fingerprint density at radius 1 is 1.62 bits per heavy atom. The Bertz CT molecular complexity index is 101. The molecule has 0 bridgehead atoms. The molecule has 0 aliphatic rings. The van der Waals surface area contributed by atoms with Crippen molar-refractivity contribution in [1.29, 1.82) is 0 Å². The van der Waals surface area contributed by atoms with Gasteiger partial charge in [-0.1, -0.05) is 19.6 Å². The summed E-state index contributed by atoms with van der Waals surface area (Å²) in [5.41, 5.74) is 0. The van der Waals surface area contributed by atoms with Crippen LogP contribution >= 0.6 is 0 Å². The first-order valence-corrected chi connectivity index (χ1v) is 2.71. The van der Waals surface area contributed by atoms with Crippen molar-refractivity contribution in [3.05, 3.63) is 24.9 Å². The van der Waals surface area contributed by atoms with E-state index in [1.54, 1.807) is 6.21 Å². The Morgan fingerprint density at radius 3 is 2.88 bits per heavy atom. The number of hydrogen-bond donors (Lipinski definition) is 0. The highest BCUT2D eigenvalue weighted by Crippen LogP contribution is 1.75. The maximum atomic E-state index is 3.76. The van der Waals surface area contributed by atoms with Gasteiger partial charge in [-0.25, -0.2) is 0 Å². The van der Waals surface area contributed by atoms with Gasteiger partial charge in [-0.2, -0.15) is 0 Å². The molecule has 0 aromatic heterocycles. The quantitative estimate of drug-likeness (QED) is 0.492. The van der Waals surface area contributed by atoms with Crippen LogP contribution in [0.25, 0.3) is 0 Å². The van der Waals surface area contributed by atoms with Gasteiger partial charge in [0.05, 0.1) is 0 Å². The van der Waals surface area contributed by atoms with Crippen molar-refractivity contribution < 1.29 is 0 Å². The first-order valence-electron chi connectivity index (χ1n) is 2.71. The molecule has 0 N–H and O–H groups in total. The summed E-state index contributed by atoms with van der Waals surface area (Å²) < 4.78 is 0. The summed E-state index contributed by atoms with van der Waals surface area (Å²) in [6.45, 7) is 5.51. The van der Waals surface area contributed by atoms with Gasteiger partial charge in [0.1, 0.15) is 0 Å². The molecule has 0 spiro atoms. The Labute approximate surface area is 50.4 Å². The number of rotatable bonds is 3. The lowest BCUT2D eigenvalue weighted by Gasteiger charge is -1.71. The third-order valence-electron chi connectivity index (χ3n) is 0.649. The fourth-order valence-electron chi connectivity index (χ4n) is 0.307. The van der Waals surface area contributed by atoms with E-state index in [2.05, 4.69) is 18.5 Å². The minimum Gasteiger partial charge on any atom is -0.265 e. The molecule has 0 aliphatic heterocycles. The molecular weight excluding hydrogens is 98.1 g/mol. The zero-order chi connectivity index (χ0) is 6.24. The third-order valence-corrected chi connectivity index (χ3v) is 0.649. The summed E-state index contributed by atoms with van der Waals surface area (Å²) in [7, 11) is 0. The molecule has 0 aliphatic carbocycles. The van der Waals surface area contributed by atoms with Crippen LogP contribution in [0.1, 0.15) is 13.3 Å². The van der Waals surface area contributed by atoms with E-state index in [0.29, 0.717) is 0 Å². The van der Waals surface area contributed by atoms with Gasteiger partial charge in [-0.15, -0.1) is 0 Å². The maximum absolute atomic E-state index is 3.76. The van der Waals surface area contributed by atoms with E-state index in [0.717, 1.165) is 6.42 Å². The van der Waals surface area contributed by atoms with Crippen molar-refractivity contribution >= 4 is 6.21 Å². The molecule has 0 saturated heterocycles. The minimum absolute atomic E-state index is 1.06. The van der Waals surface area contributed by atoms with Gasteiger partial charge in [0, 0.05) is 12.4 Å². The third kappa shape index (κ3) is 5.15. The zero-order valence-corrected chi connectivity index (χ0v) is 5.17. The van der Waals surface area contributed by atoms with Crippen molar-refractivity contribution in [2.75, 3.05) is 0 Å². The van der Waals surface area contributed by atoms with Crippen molar-refractivity contribution in [1.82, 2.24) is 0 Å². The second-order valence-electron chi connectivity index (χ2n) is 1.32. The lowest BCUT2D eigenvalue weighted by molar-refractivity contribution is 1.23. The summed E-state index contributed by atoms with van der Waals surface area (Å²) >= 11 is 0. The Hall–Kier alpha value is -0.850. The van der Waals surface area contributed by atoms with Crippen molar-refractivity contribution in [3.8, 4) is 0 Å². The van der Waals surface area contributed by atoms with Crippen LogP contribution in [0.4, 0.5) is 0 Å². The van der Waals surface area contributed by atoms with Crippen molar-refractivity contribution in [3.63, 3.8) is 0 Å². The molecule has 0 saturated carbocycles. The van der Waals surface area contributed by atoms with Crippen LogP contribution in [-0.2, 0) is 0 Å². The first kappa shape index (κ1) is 7.15. The van der Waals surface area contributed by atoms with Gasteiger partial charge in [0.15, 0.2) is 0 Å². The molecule has 1 heteroatoms.